The van der Waals surface area contributed by atoms with Gasteiger partial charge in [0, 0.05) is 37.9 Å². The molecule has 0 aliphatic rings. The molecular weight excluding hydrogens is 853 g/mol. The summed E-state index contributed by atoms with van der Waals surface area (Å²) < 4.78 is 6.44. The molecule has 281 valence electrons. The summed E-state index contributed by atoms with van der Waals surface area (Å²) in [4.78, 5) is 9.38. The molecule has 0 saturated heterocycles. The van der Waals surface area contributed by atoms with Crippen molar-refractivity contribution in [1.82, 2.24) is 9.97 Å². The third-order valence-corrected chi connectivity index (χ3v) is 12.1. The Morgan fingerprint density at radius 3 is 2.13 bits per heavy atom. The number of fused-ring (bicyclic) bond motifs is 3. The molecular formula is C49H54IrN2OSi-2. The van der Waals surface area contributed by atoms with Gasteiger partial charge in [-0.05, 0) is 84.3 Å². The van der Waals surface area contributed by atoms with Crippen molar-refractivity contribution in [1.29, 1.82) is 0 Å². The fourth-order valence-electron chi connectivity index (χ4n) is 7.44. The van der Waals surface area contributed by atoms with Crippen LogP contribution in [0.2, 0.25) is 19.6 Å². The number of nitrogens with zero attached hydrogens (tertiary/aromatic N) is 2. The van der Waals surface area contributed by atoms with Gasteiger partial charge in [0.2, 0.25) is 0 Å². The Balaban J connectivity index is 0.000000223. The molecule has 0 spiro atoms. The van der Waals surface area contributed by atoms with Crippen LogP contribution < -0.4 is 5.19 Å². The maximum atomic E-state index is 6.44. The second kappa shape index (κ2) is 17.1. The van der Waals surface area contributed by atoms with Gasteiger partial charge in [-0.25, -0.2) is 0 Å². The smallest absolute Gasteiger partial charge is 0.121 e. The minimum Gasteiger partial charge on any atom is -0.501 e. The van der Waals surface area contributed by atoms with Crippen LogP contribution in [-0.4, -0.2) is 18.0 Å². The molecule has 0 atom stereocenters. The van der Waals surface area contributed by atoms with E-state index in [1.54, 1.807) is 0 Å². The van der Waals surface area contributed by atoms with Gasteiger partial charge in [0.1, 0.15) is 5.58 Å². The first-order valence-corrected chi connectivity index (χ1v) is 22.6. The molecule has 7 rings (SSSR count). The Morgan fingerprint density at radius 1 is 0.741 bits per heavy atom. The molecule has 0 N–H and O–H groups in total. The van der Waals surface area contributed by atoms with Crippen LogP contribution in [0.3, 0.4) is 0 Å². The van der Waals surface area contributed by atoms with Crippen LogP contribution in [0, 0.1) is 31.4 Å². The third kappa shape index (κ3) is 9.55. The summed E-state index contributed by atoms with van der Waals surface area (Å²) in [6.07, 6.45) is 7.37. The summed E-state index contributed by atoms with van der Waals surface area (Å²) in [5.41, 5.74) is 13.7. The normalized spacial score (nSPS) is 11.8. The molecule has 4 aromatic carbocycles. The van der Waals surface area contributed by atoms with E-state index in [0.29, 0.717) is 5.92 Å². The van der Waals surface area contributed by atoms with E-state index in [1.807, 2.05) is 30.5 Å². The van der Waals surface area contributed by atoms with Gasteiger partial charge in [-0.15, -0.1) is 54.1 Å². The second-order valence-electron chi connectivity index (χ2n) is 16.8. The summed E-state index contributed by atoms with van der Waals surface area (Å²) in [7, 11) is -1.37. The minimum absolute atomic E-state index is 0. The second-order valence-corrected chi connectivity index (χ2v) is 21.8. The molecule has 0 amide bonds. The zero-order valence-corrected chi connectivity index (χ0v) is 37.0. The van der Waals surface area contributed by atoms with Gasteiger partial charge in [0.05, 0.1) is 13.7 Å². The van der Waals surface area contributed by atoms with E-state index in [9.17, 15) is 0 Å². The predicted molar refractivity (Wildman–Crippen MR) is 229 cm³/mol. The average Bonchev–Trinajstić information content (AvgIpc) is 3.50. The Morgan fingerprint density at radius 2 is 1.48 bits per heavy atom. The summed E-state index contributed by atoms with van der Waals surface area (Å²) in [6, 6.07) is 38.6. The Labute approximate surface area is 338 Å². The minimum atomic E-state index is -1.37. The fourth-order valence-corrected chi connectivity index (χ4v) is 9.02. The monoisotopic (exact) mass is 907 g/mol. The standard InChI is InChI=1S/C30H28NO.C19H26NSi.Ir/c1-5-21(6-2)23-12-13-31-28(17-23)27-9-7-8-26-25-11-10-22(18-29(25)32-30(26)27)24-15-19(3)14-20(4)16-24;1-19(2,3)13-16-12-17(15-10-8-7-9-11-15)20-14-18(16)21(4,5)6;/h7-8,10-18,21H,5-6H2,1-4H3;7-10,12,14H,13H2,1-6H3;/q2*-1;. The van der Waals surface area contributed by atoms with Crippen LogP contribution in [0.1, 0.15) is 75.6 Å². The van der Waals surface area contributed by atoms with Crippen LogP contribution in [0.15, 0.2) is 108 Å². The van der Waals surface area contributed by atoms with Crippen molar-refractivity contribution < 1.29 is 24.5 Å². The summed E-state index contributed by atoms with van der Waals surface area (Å²) in [5, 5.41) is 3.71. The number of benzene rings is 4. The SMILES string of the molecule is CC(C)(C)Cc1cc(-c2[c-]cccc2)ncc1[Si](C)(C)C.CCC(CC)c1ccnc(-c2[c-]ccc3c2oc2cc(-c4cc(C)cc(C)c4)ccc23)c1.[Ir]. The van der Waals surface area contributed by atoms with Crippen LogP contribution in [0.5, 0.6) is 0 Å². The first kappa shape index (κ1) is 41.0. The van der Waals surface area contributed by atoms with Crippen molar-refractivity contribution in [2.24, 2.45) is 5.41 Å². The van der Waals surface area contributed by atoms with Crippen molar-refractivity contribution in [3.8, 4) is 33.6 Å². The van der Waals surface area contributed by atoms with E-state index in [-0.39, 0.29) is 25.5 Å². The van der Waals surface area contributed by atoms with E-state index in [2.05, 4.69) is 158 Å². The van der Waals surface area contributed by atoms with Crippen LogP contribution in [-0.2, 0) is 26.5 Å². The molecule has 3 heterocycles. The van der Waals surface area contributed by atoms with Gasteiger partial charge < -0.3 is 14.4 Å². The molecule has 54 heavy (non-hydrogen) atoms. The third-order valence-electron chi connectivity index (χ3n) is 9.99. The van der Waals surface area contributed by atoms with Gasteiger partial charge in [0.25, 0.3) is 0 Å². The average molecular weight is 907 g/mol. The van der Waals surface area contributed by atoms with Crippen LogP contribution in [0.4, 0.5) is 0 Å². The number of hydrogen-bond acceptors (Lipinski definition) is 3. The van der Waals surface area contributed by atoms with Gasteiger partial charge >= 0.3 is 0 Å². The van der Waals surface area contributed by atoms with Crippen molar-refractivity contribution in [3.05, 3.63) is 138 Å². The quantitative estimate of drug-likeness (QED) is 0.113. The van der Waals surface area contributed by atoms with E-state index in [4.69, 9.17) is 9.40 Å². The first-order chi connectivity index (χ1) is 25.2. The molecule has 3 nitrogen and oxygen atoms in total. The van der Waals surface area contributed by atoms with Gasteiger partial charge in [-0.2, -0.15) is 0 Å². The van der Waals surface area contributed by atoms with Gasteiger partial charge in [-0.3, -0.25) is 0 Å². The fraction of sp³-hybridized carbons (Fsp3) is 0.306. The number of aromatic nitrogens is 2. The van der Waals surface area contributed by atoms with Crippen LogP contribution in [0.25, 0.3) is 55.6 Å². The molecule has 7 aromatic rings. The van der Waals surface area contributed by atoms with Crippen LogP contribution >= 0.6 is 0 Å². The van der Waals surface area contributed by atoms with E-state index < -0.39 is 8.07 Å². The number of furan rings is 1. The zero-order chi connectivity index (χ0) is 37.9. The molecule has 3 aromatic heterocycles. The van der Waals surface area contributed by atoms with Crippen molar-refractivity contribution in [3.63, 3.8) is 0 Å². The molecule has 0 aliphatic heterocycles. The molecule has 0 unspecified atom stereocenters. The Kier molecular flexibility index (Phi) is 13.0. The van der Waals surface area contributed by atoms with Crippen molar-refractivity contribution >= 4 is 35.2 Å². The maximum absolute atomic E-state index is 6.44. The Bertz CT molecular complexity index is 2320. The zero-order valence-electron chi connectivity index (χ0n) is 33.6. The number of hydrogen-bond donors (Lipinski definition) is 0. The largest absolute Gasteiger partial charge is 0.501 e. The van der Waals surface area contributed by atoms with E-state index in [1.165, 1.54) is 38.6 Å². The van der Waals surface area contributed by atoms with Crippen molar-refractivity contribution in [2.45, 2.75) is 93.3 Å². The summed E-state index contributed by atoms with van der Waals surface area (Å²) in [5.74, 6) is 0.548. The first-order valence-electron chi connectivity index (χ1n) is 19.1. The van der Waals surface area contributed by atoms with Gasteiger partial charge in [0.15, 0.2) is 0 Å². The van der Waals surface area contributed by atoms with Gasteiger partial charge in [-0.1, -0.05) is 130 Å². The van der Waals surface area contributed by atoms with Crippen molar-refractivity contribution in [2.75, 3.05) is 0 Å². The topological polar surface area (TPSA) is 38.9 Å². The molecule has 0 aliphatic carbocycles. The van der Waals surface area contributed by atoms with E-state index >= 15 is 0 Å². The number of pyridine rings is 2. The maximum Gasteiger partial charge on any atom is 0.121 e. The molecule has 0 saturated carbocycles. The number of aryl methyl sites for hydroxylation is 2. The molecule has 0 bridgehead atoms. The van der Waals surface area contributed by atoms with E-state index in [0.717, 1.165) is 63.7 Å². The predicted octanol–water partition coefficient (Wildman–Crippen LogP) is 13.3. The molecule has 0 fully saturated rings. The Hall–Kier alpha value is -4.15. The summed E-state index contributed by atoms with van der Waals surface area (Å²) in [6.45, 7) is 22.9. The molecule has 1 radical (unpaired) electrons. The number of rotatable bonds is 8. The molecule has 5 heteroatoms. The summed E-state index contributed by atoms with van der Waals surface area (Å²) >= 11 is 0.